The van der Waals surface area contributed by atoms with E-state index in [1.165, 1.54) is 12.1 Å². The van der Waals surface area contributed by atoms with Crippen LogP contribution in [0.4, 0.5) is 4.39 Å². The maximum Gasteiger partial charge on any atom is 0.265 e. The van der Waals surface area contributed by atoms with E-state index in [1.54, 1.807) is 43.9 Å². The van der Waals surface area contributed by atoms with Gasteiger partial charge in [0.25, 0.3) is 5.84 Å². The highest BCUT2D eigenvalue weighted by molar-refractivity contribution is 6.01. The van der Waals surface area contributed by atoms with Crippen LogP contribution in [0.25, 0.3) is 0 Å². The molecule has 0 radical (unpaired) electrons. The van der Waals surface area contributed by atoms with E-state index < -0.39 is 0 Å². The maximum absolute atomic E-state index is 13.5. The molecule has 2 aliphatic heterocycles. The van der Waals surface area contributed by atoms with E-state index in [1.807, 2.05) is 30.4 Å². The highest BCUT2D eigenvalue weighted by Gasteiger charge is 2.45. The second-order valence-corrected chi connectivity index (χ2v) is 6.93. The first-order chi connectivity index (χ1) is 14.6. The molecule has 0 amide bonds. The lowest BCUT2D eigenvalue weighted by Crippen LogP contribution is -2.53. The van der Waals surface area contributed by atoms with E-state index in [0.29, 0.717) is 23.1 Å². The zero-order chi connectivity index (χ0) is 20.7. The van der Waals surface area contributed by atoms with E-state index >= 15 is 0 Å². The van der Waals surface area contributed by atoms with Crippen molar-refractivity contribution < 1.29 is 18.5 Å². The summed E-state index contributed by atoms with van der Waals surface area (Å²) in [5.74, 6) is 8.32. The van der Waals surface area contributed by atoms with Gasteiger partial charge in [-0.05, 0) is 30.3 Å². The maximum atomic E-state index is 13.5. The van der Waals surface area contributed by atoms with Crippen LogP contribution >= 0.6 is 0 Å². The van der Waals surface area contributed by atoms with Gasteiger partial charge < -0.3 is 9.47 Å². The first-order valence-electron chi connectivity index (χ1n) is 9.31. The number of ether oxygens (including phenoxy) is 2. The number of allylic oxidation sites excluding steroid dienone is 4. The smallest absolute Gasteiger partial charge is 0.265 e. The number of nitrogens with zero attached hydrogens (tertiary/aromatic N) is 3. The summed E-state index contributed by atoms with van der Waals surface area (Å²) in [4.78, 5) is 9.06. The fraction of sp³-hybridized carbons (Fsp3) is 0.0435. The molecule has 7 heteroatoms. The van der Waals surface area contributed by atoms with Crippen molar-refractivity contribution in [1.29, 1.82) is 0 Å². The largest absolute Gasteiger partial charge is 0.493 e. The van der Waals surface area contributed by atoms with Gasteiger partial charge in [0, 0.05) is 11.6 Å². The monoisotopic (exact) mass is 401 g/mol. The fourth-order valence-electron chi connectivity index (χ4n) is 3.49. The van der Waals surface area contributed by atoms with Crippen molar-refractivity contribution >= 4 is 12.1 Å². The predicted molar refractivity (Wildman–Crippen MR) is 112 cm³/mol. The first-order valence-corrected chi connectivity index (χ1v) is 9.31. The number of aliphatic imine (C=N–C) groups is 2. The molecule has 5 rings (SSSR count). The number of hydrogen-bond acceptors (Lipinski definition) is 5. The summed E-state index contributed by atoms with van der Waals surface area (Å²) in [5.41, 5.74) is 3.37. The zero-order valence-corrected chi connectivity index (χ0v) is 16.1. The van der Waals surface area contributed by atoms with E-state index in [9.17, 15) is 4.39 Å². The van der Waals surface area contributed by atoms with Gasteiger partial charge in [-0.3, -0.25) is 4.99 Å². The normalized spacial score (nSPS) is 21.2. The molecule has 6 nitrogen and oxygen atoms in total. The Hall–Kier alpha value is -3.81. The lowest BCUT2D eigenvalue weighted by Gasteiger charge is -2.26. The molecule has 3 aliphatic rings. The number of halogens is 1. The predicted octanol–water partition coefficient (Wildman–Crippen LogP) is 4.34. The topological polar surface area (TPSA) is 69.2 Å². The van der Waals surface area contributed by atoms with Crippen molar-refractivity contribution in [3.05, 3.63) is 101 Å². The molecule has 2 N–H and O–H groups in total. The van der Waals surface area contributed by atoms with Gasteiger partial charge in [0.05, 0.1) is 25.1 Å². The molecule has 1 aliphatic carbocycles. The third-order valence-electron chi connectivity index (χ3n) is 5.06. The minimum Gasteiger partial charge on any atom is -0.493 e. The van der Waals surface area contributed by atoms with E-state index in [2.05, 4.69) is 4.99 Å². The minimum atomic E-state index is -0.373. The molecule has 2 heterocycles. The first kappa shape index (κ1) is 18.2. The summed E-state index contributed by atoms with van der Waals surface area (Å²) in [5, 5.41) is 0. The number of rotatable bonds is 5. The Kier molecular flexibility index (Phi) is 4.20. The summed E-state index contributed by atoms with van der Waals surface area (Å²) < 4.78 is 24.7. The van der Waals surface area contributed by atoms with E-state index in [0.717, 1.165) is 22.5 Å². The van der Waals surface area contributed by atoms with Crippen LogP contribution in [-0.2, 0) is 0 Å². The van der Waals surface area contributed by atoms with Gasteiger partial charge in [0.15, 0.2) is 11.5 Å². The van der Waals surface area contributed by atoms with Gasteiger partial charge in [-0.2, -0.15) is 10.8 Å². The Labute approximate surface area is 172 Å². The molecule has 0 spiro atoms. The van der Waals surface area contributed by atoms with Crippen molar-refractivity contribution in [1.82, 2.24) is 0 Å². The molecule has 1 atom stereocenters. The van der Waals surface area contributed by atoms with Crippen LogP contribution in [-0.4, -0.2) is 23.8 Å². The summed E-state index contributed by atoms with van der Waals surface area (Å²) in [6.07, 6.45) is 11.1. The van der Waals surface area contributed by atoms with Crippen molar-refractivity contribution in [2.45, 2.75) is 0 Å². The second-order valence-electron chi connectivity index (χ2n) is 6.93. The summed E-state index contributed by atoms with van der Waals surface area (Å²) in [6.45, 7) is 0. The summed E-state index contributed by atoms with van der Waals surface area (Å²) in [6, 6.07) is 11.4. The SMILES string of the molecule is COc1cc(C2=NC(C3=CC=C3)=C3C=NC=C[N+]23N)ccc1Oc1cccc(F)c1. The number of hydrogen-bond donors (Lipinski definition) is 1. The number of methoxy groups -OCH3 is 1. The lowest BCUT2D eigenvalue weighted by molar-refractivity contribution is -0.750. The molecule has 0 fully saturated rings. The van der Waals surface area contributed by atoms with Crippen molar-refractivity contribution in [2.75, 3.05) is 7.11 Å². The summed E-state index contributed by atoms with van der Waals surface area (Å²) in [7, 11) is 1.55. The molecule has 148 valence electrons. The highest BCUT2D eigenvalue weighted by atomic mass is 19.1. The molecule has 1 unspecified atom stereocenters. The number of nitrogens with two attached hydrogens (primary N) is 1. The van der Waals surface area contributed by atoms with Crippen LogP contribution in [0.3, 0.4) is 0 Å². The van der Waals surface area contributed by atoms with Gasteiger partial charge in [0.2, 0.25) is 5.70 Å². The average Bonchev–Trinajstić information content (AvgIpc) is 3.00. The van der Waals surface area contributed by atoms with Gasteiger partial charge in [-0.1, -0.05) is 24.3 Å². The quantitative estimate of drug-likeness (QED) is 0.599. The van der Waals surface area contributed by atoms with Gasteiger partial charge in [0.1, 0.15) is 23.5 Å². The molecule has 2 aromatic carbocycles. The Balaban J connectivity index is 1.53. The number of amidine groups is 1. The molecule has 30 heavy (non-hydrogen) atoms. The third-order valence-corrected chi connectivity index (χ3v) is 5.06. The number of benzene rings is 2. The van der Waals surface area contributed by atoms with Crippen molar-refractivity contribution in [2.24, 2.45) is 15.8 Å². The highest BCUT2D eigenvalue weighted by Crippen LogP contribution is 2.38. The second kappa shape index (κ2) is 6.91. The Morgan fingerprint density at radius 3 is 2.70 bits per heavy atom. The van der Waals surface area contributed by atoms with E-state index in [4.69, 9.17) is 20.3 Å². The van der Waals surface area contributed by atoms with Gasteiger partial charge >= 0.3 is 0 Å². The average molecular weight is 401 g/mol. The van der Waals surface area contributed by atoms with Gasteiger partial charge in [-0.15, -0.1) is 4.59 Å². The number of fused-ring (bicyclic) bond motifs is 1. The molecule has 0 saturated heterocycles. The number of quaternary nitrogens is 1. The molecule has 0 saturated carbocycles. The Morgan fingerprint density at radius 2 is 1.97 bits per heavy atom. The molecule has 0 bridgehead atoms. The molecule has 0 aromatic heterocycles. The van der Waals surface area contributed by atoms with Crippen LogP contribution in [0.15, 0.2) is 100 Å². The van der Waals surface area contributed by atoms with Crippen molar-refractivity contribution in [3.8, 4) is 17.2 Å². The van der Waals surface area contributed by atoms with Crippen LogP contribution in [0.5, 0.6) is 17.2 Å². The molecular formula is C23H18FN4O2+. The van der Waals surface area contributed by atoms with Gasteiger partial charge in [-0.25, -0.2) is 4.39 Å². The third kappa shape index (κ3) is 2.88. The van der Waals surface area contributed by atoms with Crippen LogP contribution in [0.1, 0.15) is 5.56 Å². The molecular weight excluding hydrogens is 383 g/mol. The minimum absolute atomic E-state index is 0.0860. The van der Waals surface area contributed by atoms with Crippen LogP contribution < -0.4 is 15.3 Å². The van der Waals surface area contributed by atoms with Crippen LogP contribution in [0.2, 0.25) is 0 Å². The van der Waals surface area contributed by atoms with Crippen LogP contribution in [0, 0.1) is 5.82 Å². The van der Waals surface area contributed by atoms with Crippen molar-refractivity contribution in [3.63, 3.8) is 0 Å². The fourth-order valence-corrected chi connectivity index (χ4v) is 3.49. The standard InChI is InChI=1S/C23H18FN4O2/c1-29-21-12-16(8-9-20(21)30-18-7-3-6-17(24)13-18)23-27-22(15-4-2-5-15)19-14-26-10-11-28(19,23)25/h2-14H,25H2,1H3/q+1. The van der Waals surface area contributed by atoms with E-state index in [-0.39, 0.29) is 10.4 Å². The lowest BCUT2D eigenvalue weighted by atomic mass is 10.0. The summed E-state index contributed by atoms with van der Waals surface area (Å²) >= 11 is 0. The Morgan fingerprint density at radius 1 is 1.10 bits per heavy atom. The Bertz CT molecular complexity index is 1240. The zero-order valence-electron chi connectivity index (χ0n) is 16.1. The molecule has 2 aromatic rings.